The van der Waals surface area contributed by atoms with Gasteiger partial charge in [-0.25, -0.2) is 18.2 Å². The number of anilines is 2. The third-order valence-corrected chi connectivity index (χ3v) is 10.7. The first-order valence-corrected chi connectivity index (χ1v) is 15.8. The minimum absolute atomic E-state index is 0.0667. The molecule has 2 aromatic carbocycles. The van der Waals surface area contributed by atoms with Crippen molar-refractivity contribution < 1.29 is 31.1 Å². The van der Waals surface area contributed by atoms with E-state index < -0.39 is 40.6 Å². The zero-order valence-electron chi connectivity index (χ0n) is 23.9. The second kappa shape index (κ2) is 10.3. The number of hydrogen-bond acceptors (Lipinski definition) is 9. The number of thiazole rings is 1. The Morgan fingerprint density at radius 1 is 1.11 bits per heavy atom. The van der Waals surface area contributed by atoms with Crippen LogP contribution in [0.4, 0.5) is 37.3 Å². The number of rotatable bonds is 5. The van der Waals surface area contributed by atoms with Gasteiger partial charge in [0.2, 0.25) is 0 Å². The van der Waals surface area contributed by atoms with Gasteiger partial charge in [-0.05, 0) is 50.4 Å². The molecule has 238 valence electrons. The predicted molar refractivity (Wildman–Crippen MR) is 158 cm³/mol. The average Bonchev–Trinajstić information content (AvgIpc) is 3.68. The second-order valence-electron chi connectivity index (χ2n) is 12.5. The zero-order chi connectivity index (χ0) is 31.2. The van der Waals surface area contributed by atoms with Gasteiger partial charge in [0.05, 0.1) is 21.3 Å². The Kier molecular flexibility index (Phi) is 6.63. The third kappa shape index (κ3) is 4.68. The molecule has 5 aliphatic heterocycles. The van der Waals surface area contributed by atoms with E-state index in [-0.39, 0.29) is 62.3 Å². The van der Waals surface area contributed by atoms with Crippen LogP contribution in [0.3, 0.4) is 0 Å². The van der Waals surface area contributed by atoms with E-state index in [0.29, 0.717) is 26.1 Å². The highest BCUT2D eigenvalue weighted by molar-refractivity contribution is 7.22. The van der Waals surface area contributed by atoms with Gasteiger partial charge in [-0.15, -0.1) is 0 Å². The van der Waals surface area contributed by atoms with Gasteiger partial charge in [-0.3, -0.25) is 4.90 Å². The Morgan fingerprint density at radius 3 is 2.69 bits per heavy atom. The molecule has 2 bridgehead atoms. The number of hydrogen-bond donors (Lipinski definition) is 2. The summed E-state index contributed by atoms with van der Waals surface area (Å²) in [4.78, 5) is 17.0. The van der Waals surface area contributed by atoms with Crippen molar-refractivity contribution in [3.63, 3.8) is 0 Å². The van der Waals surface area contributed by atoms with E-state index in [2.05, 4.69) is 25.2 Å². The van der Waals surface area contributed by atoms with Crippen LogP contribution in [0.15, 0.2) is 18.2 Å². The number of aromatic nitrogens is 3. The molecule has 2 aromatic heterocycles. The maximum absolute atomic E-state index is 16.8. The fourth-order valence-corrected chi connectivity index (χ4v) is 8.53. The summed E-state index contributed by atoms with van der Waals surface area (Å²) in [7, 11) is 0. The summed E-state index contributed by atoms with van der Waals surface area (Å²) >= 11 is 0.766. The third-order valence-electron chi connectivity index (χ3n) is 9.83. The normalized spacial score (nSPS) is 26.8. The van der Waals surface area contributed by atoms with E-state index in [1.807, 2.05) is 4.90 Å². The van der Waals surface area contributed by atoms with Crippen LogP contribution in [0.5, 0.6) is 6.01 Å². The number of nitrogens with zero attached hydrogens (tertiary/aromatic N) is 5. The Hall–Kier alpha value is -3.43. The summed E-state index contributed by atoms with van der Waals surface area (Å²) in [5, 5.41) is 3.24. The molecule has 0 aliphatic carbocycles. The topological polar surface area (TPSA) is 92.4 Å². The van der Waals surface area contributed by atoms with Crippen molar-refractivity contribution in [2.75, 3.05) is 43.4 Å². The minimum atomic E-state index is -4.99. The van der Waals surface area contributed by atoms with Crippen LogP contribution in [-0.2, 0) is 6.18 Å². The summed E-state index contributed by atoms with van der Waals surface area (Å²) in [6, 6.07) is 2.76. The van der Waals surface area contributed by atoms with Gasteiger partial charge >= 0.3 is 12.2 Å². The van der Waals surface area contributed by atoms with Crippen molar-refractivity contribution in [1.29, 1.82) is 0 Å². The largest absolute Gasteiger partial charge is 0.461 e. The van der Waals surface area contributed by atoms with Crippen molar-refractivity contribution >= 4 is 43.4 Å². The molecular formula is C30H29F6N7OS. The molecule has 9 rings (SSSR count). The van der Waals surface area contributed by atoms with Crippen molar-refractivity contribution in [1.82, 2.24) is 25.2 Å². The van der Waals surface area contributed by atoms with Crippen molar-refractivity contribution in [3.8, 4) is 17.1 Å². The van der Waals surface area contributed by atoms with Crippen LogP contribution in [0.2, 0.25) is 0 Å². The van der Waals surface area contributed by atoms with Gasteiger partial charge in [-0.1, -0.05) is 11.3 Å². The molecule has 5 fully saturated rings. The standard InChI is InChI=1S/C30H29F6N7OS/c31-14-9-29(6-1-7-42(29)11-14)13-44-28-40-23-18(26(41-28)43-12-15-2-3-16(43)10-38-15)8-19(30(34,35)36)21(22(23)33)17-4-5-20(32)25-24(17)39-27(37)45-25/h4-5,8,14-16,38H,1-3,6-7,9-13H2,(H2,37,39)/t14-,15?,16?,29+/m1/s1. The molecule has 4 atom stereocenters. The predicted octanol–water partition coefficient (Wildman–Crippen LogP) is 5.68. The molecule has 0 radical (unpaired) electrons. The number of alkyl halides is 4. The number of nitrogens with one attached hydrogen (secondary N) is 1. The fourth-order valence-electron chi connectivity index (χ4n) is 7.77. The lowest BCUT2D eigenvalue weighted by molar-refractivity contribution is -0.137. The molecule has 3 N–H and O–H groups in total. The van der Waals surface area contributed by atoms with E-state index in [0.717, 1.165) is 61.8 Å². The van der Waals surface area contributed by atoms with E-state index in [1.165, 1.54) is 0 Å². The number of nitrogens with two attached hydrogens (primary N) is 1. The monoisotopic (exact) mass is 649 g/mol. The molecule has 5 saturated heterocycles. The highest BCUT2D eigenvalue weighted by atomic mass is 32.1. The number of benzene rings is 2. The molecular weight excluding hydrogens is 620 g/mol. The quantitative estimate of drug-likeness (QED) is 0.267. The first-order chi connectivity index (χ1) is 21.5. The van der Waals surface area contributed by atoms with Crippen LogP contribution in [-0.4, -0.2) is 76.4 Å². The molecule has 7 heterocycles. The first kappa shape index (κ1) is 29.0. The van der Waals surface area contributed by atoms with Gasteiger partial charge in [-0.2, -0.15) is 23.1 Å². The maximum Gasteiger partial charge on any atom is 0.417 e. The number of piperazine rings is 1. The highest BCUT2D eigenvalue weighted by Crippen LogP contribution is 2.47. The highest BCUT2D eigenvalue weighted by Gasteiger charge is 2.49. The molecule has 0 amide bonds. The lowest BCUT2D eigenvalue weighted by Crippen LogP contribution is -2.61. The molecule has 5 aliphatic rings. The molecule has 0 spiro atoms. The molecule has 4 aromatic rings. The molecule has 15 heteroatoms. The minimum Gasteiger partial charge on any atom is -0.461 e. The average molecular weight is 650 g/mol. The fraction of sp³-hybridized carbons (Fsp3) is 0.500. The summed E-state index contributed by atoms with van der Waals surface area (Å²) in [5.74, 6) is -1.83. The number of piperidine rings is 2. The van der Waals surface area contributed by atoms with Crippen LogP contribution < -0.4 is 20.7 Å². The van der Waals surface area contributed by atoms with E-state index in [1.54, 1.807) is 0 Å². The smallest absolute Gasteiger partial charge is 0.417 e. The number of nitrogen functional groups attached to an aromatic ring is 1. The van der Waals surface area contributed by atoms with Crippen molar-refractivity contribution in [2.24, 2.45) is 0 Å². The Morgan fingerprint density at radius 2 is 1.96 bits per heavy atom. The van der Waals surface area contributed by atoms with Gasteiger partial charge in [0.1, 0.15) is 29.9 Å². The van der Waals surface area contributed by atoms with Crippen molar-refractivity contribution in [3.05, 3.63) is 35.4 Å². The Labute approximate surface area is 257 Å². The van der Waals surface area contributed by atoms with Crippen LogP contribution in [0, 0.1) is 11.6 Å². The first-order valence-electron chi connectivity index (χ1n) is 15.0. The summed E-state index contributed by atoms with van der Waals surface area (Å²) < 4.78 is 96.2. The summed E-state index contributed by atoms with van der Waals surface area (Å²) in [6.45, 7) is 2.19. The van der Waals surface area contributed by atoms with Gasteiger partial charge < -0.3 is 20.7 Å². The van der Waals surface area contributed by atoms with Crippen LogP contribution in [0.1, 0.15) is 37.7 Å². The van der Waals surface area contributed by atoms with E-state index >= 15 is 4.39 Å². The molecule has 45 heavy (non-hydrogen) atoms. The van der Waals surface area contributed by atoms with E-state index in [4.69, 9.17) is 10.5 Å². The van der Waals surface area contributed by atoms with E-state index in [9.17, 15) is 22.0 Å². The van der Waals surface area contributed by atoms with Gasteiger partial charge in [0, 0.05) is 54.7 Å². The SMILES string of the molecule is Nc1nc2c(-c3c(C(F)(F)F)cc4c(N5CC6CCC5CN6)nc(OC[C@@]56CCCN5C[C@H](F)C6)nc4c3F)ccc(F)c2s1. The van der Waals surface area contributed by atoms with Crippen molar-refractivity contribution in [2.45, 2.75) is 62.1 Å². The zero-order valence-corrected chi connectivity index (χ0v) is 24.7. The Bertz CT molecular complexity index is 1830. The molecule has 0 saturated carbocycles. The summed E-state index contributed by atoms with van der Waals surface area (Å²) in [5.41, 5.74) is 2.40. The molecule has 8 nitrogen and oxygen atoms in total. The van der Waals surface area contributed by atoms with Crippen LogP contribution >= 0.6 is 11.3 Å². The number of fused-ring (bicyclic) bond motifs is 6. The maximum atomic E-state index is 16.8. The van der Waals surface area contributed by atoms with Gasteiger partial charge in [0.15, 0.2) is 10.9 Å². The Balaban J connectivity index is 1.33. The lowest BCUT2D eigenvalue weighted by Gasteiger charge is -2.46. The van der Waals surface area contributed by atoms with Crippen LogP contribution in [0.25, 0.3) is 32.2 Å². The number of ether oxygens (including phenoxy) is 1. The second-order valence-corrected chi connectivity index (χ2v) is 13.5. The number of halogens is 6. The summed E-state index contributed by atoms with van der Waals surface area (Å²) in [6.07, 6.45) is -2.39. The molecule has 2 unspecified atom stereocenters. The lowest BCUT2D eigenvalue weighted by atomic mass is 9.92. The van der Waals surface area contributed by atoms with Gasteiger partial charge in [0.25, 0.3) is 0 Å².